The molecule has 0 saturated heterocycles. The van der Waals surface area contributed by atoms with Crippen molar-refractivity contribution in [2.24, 2.45) is 0 Å². The van der Waals surface area contributed by atoms with Crippen LogP contribution in [0.2, 0.25) is 0 Å². The highest BCUT2D eigenvalue weighted by Gasteiger charge is 2.10. The second-order valence-corrected chi connectivity index (χ2v) is 4.55. The van der Waals surface area contributed by atoms with Crippen molar-refractivity contribution in [2.75, 3.05) is 20.0 Å². The van der Waals surface area contributed by atoms with Crippen LogP contribution in [0.1, 0.15) is 0 Å². The Balaban J connectivity index is 1.98. The first-order chi connectivity index (χ1) is 8.83. The summed E-state index contributed by atoms with van der Waals surface area (Å²) >= 11 is 1.47. The minimum Gasteiger partial charge on any atom is -0.439 e. The maximum absolute atomic E-state index is 5.40. The standard InChI is InChI=1S/C13H15NO3S/c1-15-12(16-2)9-18-13-14-11(8-17-13)10-6-4-3-5-7-10/h3-8,12H,9H2,1-2H3. The number of benzene rings is 1. The van der Waals surface area contributed by atoms with E-state index in [0.29, 0.717) is 11.0 Å². The molecule has 0 radical (unpaired) electrons. The van der Waals surface area contributed by atoms with Gasteiger partial charge < -0.3 is 13.9 Å². The summed E-state index contributed by atoms with van der Waals surface area (Å²) in [5.74, 6) is 0.641. The highest BCUT2D eigenvalue weighted by atomic mass is 32.2. The Morgan fingerprint density at radius 3 is 2.61 bits per heavy atom. The van der Waals surface area contributed by atoms with Gasteiger partial charge in [0.1, 0.15) is 12.0 Å². The van der Waals surface area contributed by atoms with Crippen molar-refractivity contribution in [3.63, 3.8) is 0 Å². The average Bonchev–Trinajstić information content (AvgIpc) is 2.90. The maximum atomic E-state index is 5.40. The van der Waals surface area contributed by atoms with Crippen LogP contribution >= 0.6 is 11.8 Å². The van der Waals surface area contributed by atoms with E-state index in [1.54, 1.807) is 20.5 Å². The van der Waals surface area contributed by atoms with Crippen molar-refractivity contribution in [3.8, 4) is 11.3 Å². The molecule has 5 heteroatoms. The van der Waals surface area contributed by atoms with Crippen LogP contribution in [0.15, 0.2) is 46.2 Å². The molecule has 0 bridgehead atoms. The zero-order valence-corrected chi connectivity index (χ0v) is 11.1. The van der Waals surface area contributed by atoms with E-state index >= 15 is 0 Å². The molecule has 0 aliphatic rings. The van der Waals surface area contributed by atoms with Crippen molar-refractivity contribution >= 4 is 11.8 Å². The first-order valence-corrected chi connectivity index (χ1v) is 6.51. The zero-order valence-electron chi connectivity index (χ0n) is 10.3. The number of aromatic nitrogens is 1. The van der Waals surface area contributed by atoms with E-state index in [2.05, 4.69) is 4.98 Å². The average molecular weight is 265 g/mol. The summed E-state index contributed by atoms with van der Waals surface area (Å²) in [6, 6.07) is 9.92. The predicted molar refractivity (Wildman–Crippen MR) is 70.5 cm³/mol. The third-order valence-electron chi connectivity index (χ3n) is 2.42. The van der Waals surface area contributed by atoms with Crippen molar-refractivity contribution < 1.29 is 13.9 Å². The highest BCUT2D eigenvalue weighted by Crippen LogP contribution is 2.24. The molecule has 0 atom stereocenters. The molecular weight excluding hydrogens is 250 g/mol. The first-order valence-electron chi connectivity index (χ1n) is 5.53. The normalized spacial score (nSPS) is 11.1. The molecule has 0 spiro atoms. The van der Waals surface area contributed by atoms with Crippen molar-refractivity contribution in [2.45, 2.75) is 11.5 Å². The first kappa shape index (κ1) is 13.1. The molecule has 0 N–H and O–H groups in total. The zero-order chi connectivity index (χ0) is 12.8. The topological polar surface area (TPSA) is 44.5 Å². The van der Waals surface area contributed by atoms with Crippen LogP contribution in [-0.4, -0.2) is 31.2 Å². The van der Waals surface area contributed by atoms with Crippen LogP contribution in [0.4, 0.5) is 0 Å². The Morgan fingerprint density at radius 2 is 1.94 bits per heavy atom. The molecule has 0 fully saturated rings. The fraction of sp³-hybridized carbons (Fsp3) is 0.308. The molecule has 4 nitrogen and oxygen atoms in total. The lowest BCUT2D eigenvalue weighted by atomic mass is 10.2. The monoisotopic (exact) mass is 265 g/mol. The Kier molecular flexibility index (Phi) is 4.81. The Bertz CT molecular complexity index is 468. The minimum absolute atomic E-state index is 0.248. The van der Waals surface area contributed by atoms with E-state index in [4.69, 9.17) is 13.9 Å². The van der Waals surface area contributed by atoms with Gasteiger partial charge in [-0.2, -0.15) is 0 Å². The van der Waals surface area contributed by atoms with Crippen LogP contribution in [-0.2, 0) is 9.47 Å². The highest BCUT2D eigenvalue weighted by molar-refractivity contribution is 7.99. The molecule has 18 heavy (non-hydrogen) atoms. The number of methoxy groups -OCH3 is 2. The van der Waals surface area contributed by atoms with Gasteiger partial charge in [-0.3, -0.25) is 0 Å². The number of oxazole rings is 1. The molecule has 2 rings (SSSR count). The van der Waals surface area contributed by atoms with Gasteiger partial charge in [0.15, 0.2) is 6.29 Å². The summed E-state index contributed by atoms with van der Waals surface area (Å²) in [5, 5.41) is 0.618. The second-order valence-electron chi connectivity index (χ2n) is 3.58. The van der Waals surface area contributed by atoms with Gasteiger partial charge in [-0.05, 0) is 0 Å². The summed E-state index contributed by atoms with van der Waals surface area (Å²) in [6.45, 7) is 0. The quantitative estimate of drug-likeness (QED) is 0.593. The van der Waals surface area contributed by atoms with E-state index in [9.17, 15) is 0 Å². The summed E-state index contributed by atoms with van der Waals surface area (Å²) in [4.78, 5) is 4.41. The third kappa shape index (κ3) is 3.35. The largest absolute Gasteiger partial charge is 0.439 e. The number of rotatable bonds is 6. The minimum atomic E-state index is -0.248. The van der Waals surface area contributed by atoms with Gasteiger partial charge in [-0.15, -0.1) is 0 Å². The second kappa shape index (κ2) is 6.58. The van der Waals surface area contributed by atoms with E-state index in [0.717, 1.165) is 11.3 Å². The lowest BCUT2D eigenvalue weighted by Crippen LogP contribution is -2.15. The number of ether oxygens (including phenoxy) is 2. The number of thioether (sulfide) groups is 1. The van der Waals surface area contributed by atoms with Gasteiger partial charge in [-0.1, -0.05) is 42.1 Å². The van der Waals surface area contributed by atoms with E-state index < -0.39 is 0 Å². The lowest BCUT2D eigenvalue weighted by molar-refractivity contribution is -0.0843. The van der Waals surface area contributed by atoms with E-state index in [1.165, 1.54) is 11.8 Å². The third-order valence-corrected chi connectivity index (χ3v) is 3.29. The van der Waals surface area contributed by atoms with Gasteiger partial charge in [0.05, 0.1) is 5.75 Å². The van der Waals surface area contributed by atoms with Crippen molar-refractivity contribution in [1.82, 2.24) is 4.98 Å². The molecule has 0 amide bonds. The van der Waals surface area contributed by atoms with Crippen LogP contribution in [0, 0.1) is 0 Å². The molecule has 0 saturated carbocycles. The SMILES string of the molecule is COC(CSc1nc(-c2ccccc2)co1)OC. The van der Waals surface area contributed by atoms with Crippen LogP contribution < -0.4 is 0 Å². The van der Waals surface area contributed by atoms with Gasteiger partial charge in [0.2, 0.25) is 0 Å². The van der Waals surface area contributed by atoms with Crippen molar-refractivity contribution in [3.05, 3.63) is 36.6 Å². The van der Waals surface area contributed by atoms with Crippen LogP contribution in [0.25, 0.3) is 11.3 Å². The van der Waals surface area contributed by atoms with E-state index in [-0.39, 0.29) is 6.29 Å². The summed E-state index contributed by atoms with van der Waals surface area (Å²) in [5.41, 5.74) is 1.88. The molecule has 1 aromatic heterocycles. The maximum Gasteiger partial charge on any atom is 0.256 e. The number of hydrogen-bond acceptors (Lipinski definition) is 5. The van der Waals surface area contributed by atoms with Crippen LogP contribution in [0.3, 0.4) is 0 Å². The van der Waals surface area contributed by atoms with Crippen molar-refractivity contribution in [1.29, 1.82) is 0 Å². The molecule has 0 aliphatic carbocycles. The Labute approximate surface area is 110 Å². The van der Waals surface area contributed by atoms with Gasteiger partial charge in [0.25, 0.3) is 5.22 Å². The van der Waals surface area contributed by atoms with Gasteiger partial charge in [-0.25, -0.2) is 4.98 Å². The lowest BCUT2D eigenvalue weighted by Gasteiger charge is -2.10. The number of hydrogen-bond donors (Lipinski definition) is 0. The fourth-order valence-corrected chi connectivity index (χ4v) is 2.27. The smallest absolute Gasteiger partial charge is 0.256 e. The Morgan fingerprint density at radius 1 is 1.22 bits per heavy atom. The molecule has 0 unspecified atom stereocenters. The van der Waals surface area contributed by atoms with Crippen LogP contribution in [0.5, 0.6) is 0 Å². The molecule has 1 heterocycles. The van der Waals surface area contributed by atoms with Gasteiger partial charge >= 0.3 is 0 Å². The molecule has 2 aromatic rings. The fourth-order valence-electron chi connectivity index (χ4n) is 1.44. The summed E-state index contributed by atoms with van der Waals surface area (Å²) in [7, 11) is 3.22. The molecule has 0 aliphatic heterocycles. The number of nitrogens with zero attached hydrogens (tertiary/aromatic N) is 1. The Hall–Kier alpha value is -1.30. The predicted octanol–water partition coefficient (Wildman–Crippen LogP) is 3.05. The molecule has 1 aromatic carbocycles. The summed E-state index contributed by atoms with van der Waals surface area (Å²) in [6.07, 6.45) is 1.41. The van der Waals surface area contributed by atoms with E-state index in [1.807, 2.05) is 30.3 Å². The summed E-state index contributed by atoms with van der Waals surface area (Å²) < 4.78 is 15.6. The molecular formula is C13H15NO3S. The van der Waals surface area contributed by atoms with Gasteiger partial charge in [0, 0.05) is 19.8 Å². The molecule has 96 valence electrons.